The number of hydrogen-bond acceptors (Lipinski definition) is 3. The average molecular weight is 261 g/mol. The number of Topliss-reactive ketones (excluding diaryl/α,β-unsaturated/α-hetero) is 1. The van der Waals surface area contributed by atoms with Gasteiger partial charge in [0.15, 0.2) is 11.4 Å². The first-order valence-electron chi connectivity index (χ1n) is 6.41. The Morgan fingerprint density at radius 3 is 2.80 bits per heavy atom. The lowest BCUT2D eigenvalue weighted by Crippen LogP contribution is -2.00. The van der Waals surface area contributed by atoms with Gasteiger partial charge in [-0.3, -0.25) is 9.20 Å². The van der Waals surface area contributed by atoms with Crippen LogP contribution < -0.4 is 0 Å². The number of hydrogen-bond donors (Lipinski definition) is 0. The van der Waals surface area contributed by atoms with Crippen molar-refractivity contribution < 1.29 is 4.79 Å². The van der Waals surface area contributed by atoms with Gasteiger partial charge >= 0.3 is 0 Å². The molecule has 0 fully saturated rings. The number of pyridine rings is 2. The van der Waals surface area contributed by atoms with Crippen molar-refractivity contribution in [3.63, 3.8) is 0 Å². The molecule has 4 nitrogen and oxygen atoms in total. The molecule has 3 aromatic heterocycles. The minimum atomic E-state index is 0.0102. The highest BCUT2D eigenvalue weighted by Gasteiger charge is 2.15. The molecule has 4 aromatic rings. The number of fused-ring (bicyclic) bond motifs is 5. The summed E-state index contributed by atoms with van der Waals surface area (Å²) in [6.07, 6.45) is 1.75. The predicted molar refractivity (Wildman–Crippen MR) is 78.0 cm³/mol. The Balaban J connectivity index is 2.37. The lowest BCUT2D eigenvalue weighted by atomic mass is 10.1. The van der Waals surface area contributed by atoms with Gasteiger partial charge in [0.05, 0.1) is 16.6 Å². The molecule has 20 heavy (non-hydrogen) atoms. The molecule has 0 atom stereocenters. The van der Waals surface area contributed by atoms with Gasteiger partial charge in [0, 0.05) is 11.6 Å². The van der Waals surface area contributed by atoms with Crippen molar-refractivity contribution in [2.75, 3.05) is 0 Å². The number of aromatic nitrogens is 3. The van der Waals surface area contributed by atoms with Gasteiger partial charge in [0.25, 0.3) is 0 Å². The molecule has 0 aliphatic carbocycles. The molecule has 0 saturated carbocycles. The third-order valence-electron chi connectivity index (χ3n) is 3.51. The molecule has 0 radical (unpaired) electrons. The number of rotatable bonds is 1. The molecule has 0 aliphatic heterocycles. The van der Waals surface area contributed by atoms with Crippen LogP contribution in [-0.2, 0) is 0 Å². The maximum atomic E-state index is 11.9. The van der Waals surface area contributed by atoms with Gasteiger partial charge in [-0.25, -0.2) is 9.97 Å². The first kappa shape index (κ1) is 11.1. The molecule has 0 amide bonds. The standard InChI is InChI=1S/C16H11N3O/c1-10(20)12-9-11-5-4-8-17-15(11)19-14-7-3-2-6-13(14)18-16(12)19/h2-9H,1H3. The van der Waals surface area contributed by atoms with Crippen LogP contribution in [0.2, 0.25) is 0 Å². The van der Waals surface area contributed by atoms with Crippen LogP contribution in [0.1, 0.15) is 17.3 Å². The van der Waals surface area contributed by atoms with Crippen LogP contribution in [0.4, 0.5) is 0 Å². The summed E-state index contributed by atoms with van der Waals surface area (Å²) in [4.78, 5) is 20.9. The molecular weight excluding hydrogens is 250 g/mol. The van der Waals surface area contributed by atoms with Crippen molar-refractivity contribution >= 4 is 33.5 Å². The molecule has 0 N–H and O–H groups in total. The third-order valence-corrected chi connectivity index (χ3v) is 3.51. The molecule has 96 valence electrons. The van der Waals surface area contributed by atoms with Gasteiger partial charge in [0.1, 0.15) is 5.65 Å². The van der Waals surface area contributed by atoms with Crippen LogP contribution in [0.15, 0.2) is 48.7 Å². The lowest BCUT2D eigenvalue weighted by Gasteiger charge is -2.05. The van der Waals surface area contributed by atoms with E-state index < -0.39 is 0 Å². The molecule has 0 aliphatic rings. The summed E-state index contributed by atoms with van der Waals surface area (Å²) < 4.78 is 1.96. The number of nitrogens with zero attached hydrogens (tertiary/aromatic N) is 3. The summed E-state index contributed by atoms with van der Waals surface area (Å²) in [5.74, 6) is 0.0102. The first-order valence-corrected chi connectivity index (χ1v) is 6.41. The third kappa shape index (κ3) is 1.39. The molecule has 4 rings (SSSR count). The van der Waals surface area contributed by atoms with Crippen molar-refractivity contribution in [3.8, 4) is 0 Å². The Morgan fingerprint density at radius 1 is 1.10 bits per heavy atom. The molecule has 3 heterocycles. The van der Waals surface area contributed by atoms with Crippen molar-refractivity contribution in [1.29, 1.82) is 0 Å². The zero-order chi connectivity index (χ0) is 13.7. The summed E-state index contributed by atoms with van der Waals surface area (Å²) in [6.45, 7) is 1.57. The Hall–Kier alpha value is -2.75. The maximum Gasteiger partial charge on any atom is 0.163 e. The number of carbonyl (C=O) groups excluding carboxylic acids is 1. The molecule has 4 heteroatoms. The predicted octanol–water partition coefficient (Wildman–Crippen LogP) is 3.24. The molecule has 0 bridgehead atoms. The largest absolute Gasteiger partial charge is 0.294 e. The van der Waals surface area contributed by atoms with Gasteiger partial charge in [-0.05, 0) is 37.3 Å². The fraction of sp³-hybridized carbons (Fsp3) is 0.0625. The van der Waals surface area contributed by atoms with Gasteiger partial charge < -0.3 is 0 Å². The van der Waals surface area contributed by atoms with E-state index in [1.807, 2.05) is 46.9 Å². The van der Waals surface area contributed by atoms with Crippen LogP contribution >= 0.6 is 0 Å². The van der Waals surface area contributed by atoms with E-state index in [1.165, 1.54) is 0 Å². The number of benzene rings is 1. The van der Waals surface area contributed by atoms with Crippen molar-refractivity contribution in [3.05, 3.63) is 54.2 Å². The number of para-hydroxylation sites is 2. The Morgan fingerprint density at radius 2 is 1.95 bits per heavy atom. The lowest BCUT2D eigenvalue weighted by molar-refractivity contribution is 0.101. The van der Waals surface area contributed by atoms with Crippen LogP contribution in [0.3, 0.4) is 0 Å². The van der Waals surface area contributed by atoms with Crippen molar-refractivity contribution in [2.45, 2.75) is 6.92 Å². The van der Waals surface area contributed by atoms with E-state index in [1.54, 1.807) is 13.1 Å². The van der Waals surface area contributed by atoms with E-state index in [2.05, 4.69) is 9.97 Å². The monoisotopic (exact) mass is 261 g/mol. The maximum absolute atomic E-state index is 11.9. The second-order valence-corrected chi connectivity index (χ2v) is 4.79. The van der Waals surface area contributed by atoms with Gasteiger partial charge in [-0.2, -0.15) is 0 Å². The number of ketones is 1. The van der Waals surface area contributed by atoms with Crippen LogP contribution in [0, 0.1) is 0 Å². The van der Waals surface area contributed by atoms with E-state index in [4.69, 9.17) is 0 Å². The number of carbonyl (C=O) groups is 1. The van der Waals surface area contributed by atoms with Crippen molar-refractivity contribution in [1.82, 2.24) is 14.4 Å². The Bertz CT molecular complexity index is 985. The summed E-state index contributed by atoms with van der Waals surface area (Å²) in [6, 6.07) is 13.5. The Labute approximate surface area is 114 Å². The van der Waals surface area contributed by atoms with E-state index >= 15 is 0 Å². The smallest absolute Gasteiger partial charge is 0.163 e. The van der Waals surface area contributed by atoms with Gasteiger partial charge in [-0.1, -0.05) is 12.1 Å². The SMILES string of the molecule is CC(=O)c1cc2cccnc2n2c1nc1ccccc12. The molecule has 0 spiro atoms. The van der Waals surface area contributed by atoms with Crippen LogP contribution in [0.5, 0.6) is 0 Å². The number of imidazole rings is 1. The minimum absolute atomic E-state index is 0.0102. The van der Waals surface area contributed by atoms with E-state index in [0.717, 1.165) is 22.1 Å². The summed E-state index contributed by atoms with van der Waals surface area (Å²) in [7, 11) is 0. The fourth-order valence-corrected chi connectivity index (χ4v) is 2.61. The highest BCUT2D eigenvalue weighted by molar-refractivity contribution is 6.05. The second kappa shape index (κ2) is 3.87. The van der Waals surface area contributed by atoms with Crippen LogP contribution in [-0.4, -0.2) is 20.2 Å². The van der Waals surface area contributed by atoms with Crippen LogP contribution in [0.25, 0.3) is 27.7 Å². The topological polar surface area (TPSA) is 47.3 Å². The average Bonchev–Trinajstić information content (AvgIpc) is 2.85. The first-order chi connectivity index (χ1) is 9.75. The zero-order valence-corrected chi connectivity index (χ0v) is 10.9. The minimum Gasteiger partial charge on any atom is -0.294 e. The normalized spacial score (nSPS) is 11.4. The summed E-state index contributed by atoms with van der Waals surface area (Å²) in [5, 5.41) is 0.938. The highest BCUT2D eigenvalue weighted by Crippen LogP contribution is 2.25. The van der Waals surface area contributed by atoms with Gasteiger partial charge in [0.2, 0.25) is 0 Å². The quantitative estimate of drug-likeness (QED) is 0.494. The van der Waals surface area contributed by atoms with Crippen molar-refractivity contribution in [2.24, 2.45) is 0 Å². The highest BCUT2D eigenvalue weighted by atomic mass is 16.1. The molecular formula is C16H11N3O. The second-order valence-electron chi connectivity index (χ2n) is 4.79. The van der Waals surface area contributed by atoms with E-state index in [0.29, 0.717) is 11.2 Å². The molecule has 1 aromatic carbocycles. The summed E-state index contributed by atoms with van der Waals surface area (Å²) in [5.41, 5.74) is 3.95. The molecule has 0 unspecified atom stereocenters. The summed E-state index contributed by atoms with van der Waals surface area (Å²) >= 11 is 0. The van der Waals surface area contributed by atoms with Gasteiger partial charge in [-0.15, -0.1) is 0 Å². The Kier molecular flexibility index (Phi) is 2.15. The fourth-order valence-electron chi connectivity index (χ4n) is 2.61. The zero-order valence-electron chi connectivity index (χ0n) is 10.9. The molecule has 0 saturated heterocycles. The van der Waals surface area contributed by atoms with E-state index in [9.17, 15) is 4.79 Å². The van der Waals surface area contributed by atoms with E-state index in [-0.39, 0.29) is 5.78 Å².